The second kappa shape index (κ2) is 6.72. The molecule has 0 radical (unpaired) electrons. The van der Waals surface area contributed by atoms with Crippen LogP contribution in [0.3, 0.4) is 0 Å². The number of aryl methyl sites for hydroxylation is 2. The van der Waals surface area contributed by atoms with Gasteiger partial charge in [-0.25, -0.2) is 4.98 Å². The summed E-state index contributed by atoms with van der Waals surface area (Å²) in [5.41, 5.74) is 2.40. The predicted octanol–water partition coefficient (Wildman–Crippen LogP) is 2.62. The van der Waals surface area contributed by atoms with Crippen molar-refractivity contribution in [2.24, 2.45) is 0 Å². The molecule has 2 aromatic rings. The van der Waals surface area contributed by atoms with E-state index in [1.165, 1.54) is 0 Å². The molecule has 0 N–H and O–H groups in total. The fourth-order valence-electron chi connectivity index (χ4n) is 2.15. The summed E-state index contributed by atoms with van der Waals surface area (Å²) < 4.78 is 6.77. The lowest BCUT2D eigenvalue weighted by atomic mass is 10.1. The monoisotopic (exact) mass is 307 g/mol. The first kappa shape index (κ1) is 15.5. The number of nitrogens with zero attached hydrogens (tertiary/aromatic N) is 3. The summed E-state index contributed by atoms with van der Waals surface area (Å²) in [6, 6.07) is 3.59. The summed E-state index contributed by atoms with van der Waals surface area (Å²) in [4.78, 5) is 16.3. The number of Topliss-reactive ketones (excluding diaryl/α,β-unsaturated/α-hetero) is 1. The number of carbonyl (C=O) groups is 1. The number of methoxy groups -OCH3 is 1. The molecule has 6 heteroatoms. The molecule has 0 amide bonds. The lowest BCUT2D eigenvalue weighted by Crippen LogP contribution is -2.12. The quantitative estimate of drug-likeness (QED) is 0.823. The molecule has 21 heavy (non-hydrogen) atoms. The third kappa shape index (κ3) is 3.61. The molecule has 5 nitrogen and oxygen atoms in total. The van der Waals surface area contributed by atoms with Crippen LogP contribution in [0, 0.1) is 6.92 Å². The van der Waals surface area contributed by atoms with E-state index in [-0.39, 0.29) is 12.2 Å². The van der Waals surface area contributed by atoms with Gasteiger partial charge < -0.3 is 4.74 Å². The smallest absolute Gasteiger partial charge is 0.212 e. The third-order valence-electron chi connectivity index (χ3n) is 3.23. The van der Waals surface area contributed by atoms with E-state index < -0.39 is 0 Å². The van der Waals surface area contributed by atoms with Gasteiger partial charge in [0.05, 0.1) is 29.9 Å². The van der Waals surface area contributed by atoms with Crippen LogP contribution < -0.4 is 4.74 Å². The molecule has 2 heterocycles. The van der Waals surface area contributed by atoms with Crippen molar-refractivity contribution in [2.45, 2.75) is 33.2 Å². The number of hydrogen-bond donors (Lipinski definition) is 0. The molecule has 0 aromatic carbocycles. The van der Waals surface area contributed by atoms with Crippen LogP contribution in [0.4, 0.5) is 0 Å². The van der Waals surface area contributed by atoms with Crippen molar-refractivity contribution in [3.63, 3.8) is 0 Å². The topological polar surface area (TPSA) is 57.0 Å². The summed E-state index contributed by atoms with van der Waals surface area (Å²) in [7, 11) is 1.56. The molecule has 0 spiro atoms. The number of pyridine rings is 1. The van der Waals surface area contributed by atoms with Gasteiger partial charge in [-0.1, -0.05) is 17.7 Å². The maximum absolute atomic E-state index is 12.2. The fraction of sp³-hybridized carbons (Fsp3) is 0.400. The first-order valence-corrected chi connectivity index (χ1v) is 7.15. The van der Waals surface area contributed by atoms with E-state index in [4.69, 9.17) is 16.3 Å². The van der Waals surface area contributed by atoms with E-state index in [9.17, 15) is 4.79 Å². The van der Waals surface area contributed by atoms with E-state index in [1.807, 2.05) is 19.9 Å². The molecule has 2 rings (SSSR count). The molecular weight excluding hydrogens is 290 g/mol. The van der Waals surface area contributed by atoms with Crippen molar-refractivity contribution in [2.75, 3.05) is 7.11 Å². The number of halogens is 1. The highest BCUT2D eigenvalue weighted by Crippen LogP contribution is 2.21. The van der Waals surface area contributed by atoms with Gasteiger partial charge in [-0.3, -0.25) is 9.48 Å². The number of carbonyl (C=O) groups excluding carboxylic acids is 1. The molecule has 0 unspecified atom stereocenters. The molecule has 112 valence electrons. The summed E-state index contributed by atoms with van der Waals surface area (Å²) in [5.74, 6) is 0.618. The molecule has 2 aromatic heterocycles. The van der Waals surface area contributed by atoms with Crippen LogP contribution in [0.25, 0.3) is 0 Å². The Bertz CT molecular complexity index is 635. The van der Waals surface area contributed by atoms with Gasteiger partial charge in [-0.05, 0) is 19.4 Å². The van der Waals surface area contributed by atoms with Crippen LogP contribution in [0.15, 0.2) is 18.3 Å². The normalized spacial score (nSPS) is 10.7. The highest BCUT2D eigenvalue weighted by atomic mass is 35.5. The molecule has 0 aliphatic carbocycles. The standard InChI is InChI=1S/C15H18ClN3O2/c1-4-19-13(15(16)10(2)18-19)8-12(20)7-11-5-6-14(21-3)17-9-11/h5-6,9H,4,7-8H2,1-3H3. The zero-order chi connectivity index (χ0) is 15.4. The Labute approximate surface area is 128 Å². The van der Waals surface area contributed by atoms with Crippen molar-refractivity contribution in [1.82, 2.24) is 14.8 Å². The van der Waals surface area contributed by atoms with Gasteiger partial charge in [0.1, 0.15) is 5.78 Å². The number of aromatic nitrogens is 3. The molecule has 0 aliphatic rings. The molecule has 0 saturated heterocycles. The number of rotatable bonds is 6. The Morgan fingerprint density at radius 3 is 2.71 bits per heavy atom. The van der Waals surface area contributed by atoms with Gasteiger partial charge in [0.25, 0.3) is 0 Å². The highest BCUT2D eigenvalue weighted by molar-refractivity contribution is 6.32. The van der Waals surface area contributed by atoms with Crippen molar-refractivity contribution in [3.8, 4) is 5.88 Å². The average molecular weight is 308 g/mol. The van der Waals surface area contributed by atoms with Crippen molar-refractivity contribution >= 4 is 17.4 Å². The van der Waals surface area contributed by atoms with Crippen LogP contribution in [0.2, 0.25) is 5.02 Å². The SMILES string of the molecule is CCn1nc(C)c(Cl)c1CC(=O)Cc1ccc(OC)nc1. The Kier molecular flexibility index (Phi) is 4.96. The Morgan fingerprint density at radius 1 is 1.38 bits per heavy atom. The van der Waals surface area contributed by atoms with E-state index in [1.54, 1.807) is 24.1 Å². The Balaban J connectivity index is 2.07. The molecule has 0 fully saturated rings. The van der Waals surface area contributed by atoms with Crippen LogP contribution in [0.1, 0.15) is 23.9 Å². The minimum atomic E-state index is 0.0819. The Hall–Kier alpha value is -1.88. The Morgan fingerprint density at radius 2 is 2.14 bits per heavy atom. The maximum Gasteiger partial charge on any atom is 0.212 e. The molecule has 0 bridgehead atoms. The molecule has 0 atom stereocenters. The van der Waals surface area contributed by atoms with Crippen molar-refractivity contribution in [1.29, 1.82) is 0 Å². The maximum atomic E-state index is 12.2. The van der Waals surface area contributed by atoms with Crippen molar-refractivity contribution < 1.29 is 9.53 Å². The minimum absolute atomic E-state index is 0.0819. The van der Waals surface area contributed by atoms with E-state index >= 15 is 0 Å². The van der Waals surface area contributed by atoms with Gasteiger partial charge in [0.2, 0.25) is 5.88 Å². The van der Waals surface area contributed by atoms with Gasteiger partial charge in [0, 0.05) is 25.2 Å². The highest BCUT2D eigenvalue weighted by Gasteiger charge is 2.16. The number of ketones is 1. The molecule has 0 saturated carbocycles. The summed E-state index contributed by atoms with van der Waals surface area (Å²) >= 11 is 6.21. The first-order chi connectivity index (χ1) is 10.0. The lowest BCUT2D eigenvalue weighted by Gasteiger charge is -2.05. The number of ether oxygens (including phenoxy) is 1. The van der Waals surface area contributed by atoms with Gasteiger partial charge in [-0.15, -0.1) is 0 Å². The van der Waals surface area contributed by atoms with E-state index in [2.05, 4.69) is 10.1 Å². The predicted molar refractivity (Wildman–Crippen MR) is 80.9 cm³/mol. The average Bonchev–Trinajstić information content (AvgIpc) is 2.75. The van der Waals surface area contributed by atoms with Crippen LogP contribution >= 0.6 is 11.6 Å². The summed E-state index contributed by atoms with van der Waals surface area (Å²) in [6.45, 7) is 4.51. The zero-order valence-electron chi connectivity index (χ0n) is 12.4. The largest absolute Gasteiger partial charge is 0.481 e. The third-order valence-corrected chi connectivity index (χ3v) is 3.72. The van der Waals surface area contributed by atoms with Crippen LogP contribution in [0.5, 0.6) is 5.88 Å². The molecule has 0 aliphatic heterocycles. The zero-order valence-corrected chi connectivity index (χ0v) is 13.1. The second-order valence-electron chi connectivity index (χ2n) is 4.76. The van der Waals surface area contributed by atoms with E-state index in [0.717, 1.165) is 17.0 Å². The second-order valence-corrected chi connectivity index (χ2v) is 5.14. The van der Waals surface area contributed by atoms with Crippen LogP contribution in [-0.2, 0) is 24.2 Å². The lowest BCUT2D eigenvalue weighted by molar-refractivity contribution is -0.117. The van der Waals surface area contributed by atoms with Crippen molar-refractivity contribution in [3.05, 3.63) is 40.3 Å². The van der Waals surface area contributed by atoms with Gasteiger partial charge >= 0.3 is 0 Å². The first-order valence-electron chi connectivity index (χ1n) is 6.77. The van der Waals surface area contributed by atoms with E-state index in [0.29, 0.717) is 23.9 Å². The molecular formula is C15H18ClN3O2. The minimum Gasteiger partial charge on any atom is -0.481 e. The summed E-state index contributed by atoms with van der Waals surface area (Å²) in [5, 5.41) is 4.90. The number of hydrogen-bond acceptors (Lipinski definition) is 4. The van der Waals surface area contributed by atoms with Gasteiger partial charge in [0.15, 0.2) is 0 Å². The fourth-order valence-corrected chi connectivity index (χ4v) is 2.35. The summed E-state index contributed by atoms with van der Waals surface area (Å²) in [6.07, 6.45) is 2.25. The van der Waals surface area contributed by atoms with Gasteiger partial charge in [-0.2, -0.15) is 5.10 Å². The van der Waals surface area contributed by atoms with Crippen LogP contribution in [-0.4, -0.2) is 27.7 Å².